The highest BCUT2D eigenvalue weighted by Gasteiger charge is 2.18. The number of para-hydroxylation sites is 1. The second-order valence-electron chi connectivity index (χ2n) is 8.41. The van der Waals surface area contributed by atoms with Crippen LogP contribution in [-0.4, -0.2) is 39.2 Å². The van der Waals surface area contributed by atoms with E-state index in [0.29, 0.717) is 12.5 Å². The summed E-state index contributed by atoms with van der Waals surface area (Å²) < 4.78 is 0. The Morgan fingerprint density at radius 2 is 1.50 bits per heavy atom. The molecule has 5 nitrogen and oxygen atoms in total. The number of fused-ring (bicyclic) bond motifs is 1. The van der Waals surface area contributed by atoms with E-state index in [9.17, 15) is 5.11 Å². The molecule has 0 saturated carbocycles. The van der Waals surface area contributed by atoms with Gasteiger partial charge in [0.2, 0.25) is 5.95 Å². The van der Waals surface area contributed by atoms with Gasteiger partial charge in [0, 0.05) is 37.1 Å². The quantitative estimate of drug-likeness (QED) is 0.463. The van der Waals surface area contributed by atoms with E-state index >= 15 is 0 Å². The van der Waals surface area contributed by atoms with Crippen LogP contribution in [0.2, 0.25) is 0 Å². The second kappa shape index (κ2) is 9.47. The summed E-state index contributed by atoms with van der Waals surface area (Å²) in [4.78, 5) is 12.1. The SMILES string of the molecule is OC1CCN(Cc2ccccc2CNc2nc(-c3ccccc3)c3ccccc3n2)CC1. The summed E-state index contributed by atoms with van der Waals surface area (Å²) in [6.45, 7) is 3.45. The van der Waals surface area contributed by atoms with Crippen molar-refractivity contribution in [1.82, 2.24) is 14.9 Å². The fraction of sp³-hybridized carbons (Fsp3) is 0.259. The third-order valence-electron chi connectivity index (χ3n) is 6.16. The van der Waals surface area contributed by atoms with Crippen LogP contribution in [0.15, 0.2) is 78.9 Å². The molecule has 4 aromatic rings. The standard InChI is InChI=1S/C27H28N4O/c32-23-14-16-31(17-15-23)19-22-11-5-4-10-21(22)18-28-27-29-25-13-7-6-12-24(25)26(30-27)20-8-2-1-3-9-20/h1-13,23,32H,14-19H2,(H,28,29,30). The Balaban J connectivity index is 1.38. The molecule has 0 radical (unpaired) electrons. The topological polar surface area (TPSA) is 61.3 Å². The van der Waals surface area contributed by atoms with E-state index in [1.165, 1.54) is 11.1 Å². The molecule has 1 fully saturated rings. The first kappa shape index (κ1) is 20.6. The van der Waals surface area contributed by atoms with Crippen LogP contribution < -0.4 is 5.32 Å². The van der Waals surface area contributed by atoms with Gasteiger partial charge < -0.3 is 10.4 Å². The molecule has 0 atom stereocenters. The van der Waals surface area contributed by atoms with Gasteiger partial charge in [-0.1, -0.05) is 72.8 Å². The van der Waals surface area contributed by atoms with Crippen molar-refractivity contribution >= 4 is 16.9 Å². The average Bonchev–Trinajstić information content (AvgIpc) is 2.85. The van der Waals surface area contributed by atoms with Crippen molar-refractivity contribution in [3.63, 3.8) is 0 Å². The number of benzene rings is 3. The van der Waals surface area contributed by atoms with E-state index in [1.807, 2.05) is 36.4 Å². The van der Waals surface area contributed by atoms with E-state index in [-0.39, 0.29) is 6.10 Å². The molecule has 0 aliphatic carbocycles. The number of piperidine rings is 1. The predicted molar refractivity (Wildman–Crippen MR) is 129 cm³/mol. The predicted octanol–water partition coefficient (Wildman–Crippen LogP) is 4.87. The molecule has 3 aromatic carbocycles. The van der Waals surface area contributed by atoms with Crippen LogP contribution in [0.1, 0.15) is 24.0 Å². The molecule has 1 saturated heterocycles. The lowest BCUT2D eigenvalue weighted by molar-refractivity contribution is 0.0791. The summed E-state index contributed by atoms with van der Waals surface area (Å²) in [6.07, 6.45) is 1.56. The number of hydrogen-bond acceptors (Lipinski definition) is 5. The summed E-state index contributed by atoms with van der Waals surface area (Å²) in [5.41, 5.74) is 5.52. The number of aliphatic hydroxyl groups excluding tert-OH is 1. The van der Waals surface area contributed by atoms with Crippen LogP contribution in [-0.2, 0) is 13.1 Å². The zero-order valence-corrected chi connectivity index (χ0v) is 18.1. The van der Waals surface area contributed by atoms with Gasteiger partial charge in [0.1, 0.15) is 0 Å². The monoisotopic (exact) mass is 424 g/mol. The largest absolute Gasteiger partial charge is 0.393 e. The van der Waals surface area contributed by atoms with Gasteiger partial charge >= 0.3 is 0 Å². The molecule has 32 heavy (non-hydrogen) atoms. The number of nitrogens with zero attached hydrogens (tertiary/aromatic N) is 3. The van der Waals surface area contributed by atoms with Gasteiger partial charge in [-0.2, -0.15) is 0 Å². The van der Waals surface area contributed by atoms with Crippen molar-refractivity contribution in [2.75, 3.05) is 18.4 Å². The highest BCUT2D eigenvalue weighted by molar-refractivity contribution is 5.93. The van der Waals surface area contributed by atoms with Crippen LogP contribution in [0.3, 0.4) is 0 Å². The van der Waals surface area contributed by atoms with E-state index < -0.39 is 0 Å². The summed E-state index contributed by atoms with van der Waals surface area (Å²) in [7, 11) is 0. The van der Waals surface area contributed by atoms with E-state index in [4.69, 9.17) is 9.97 Å². The minimum atomic E-state index is -0.146. The van der Waals surface area contributed by atoms with Gasteiger partial charge in [-0.25, -0.2) is 9.97 Å². The van der Waals surface area contributed by atoms with Crippen molar-refractivity contribution in [3.05, 3.63) is 90.0 Å². The number of anilines is 1. The average molecular weight is 425 g/mol. The lowest BCUT2D eigenvalue weighted by atomic mass is 10.0. The molecule has 2 N–H and O–H groups in total. The number of aromatic nitrogens is 2. The fourth-order valence-electron chi connectivity index (χ4n) is 4.35. The summed E-state index contributed by atoms with van der Waals surface area (Å²) >= 11 is 0. The molecular weight excluding hydrogens is 396 g/mol. The van der Waals surface area contributed by atoms with Gasteiger partial charge in [-0.05, 0) is 30.0 Å². The molecule has 1 aliphatic heterocycles. The van der Waals surface area contributed by atoms with Gasteiger partial charge in [0.15, 0.2) is 0 Å². The second-order valence-corrected chi connectivity index (χ2v) is 8.41. The zero-order valence-electron chi connectivity index (χ0n) is 18.1. The fourth-order valence-corrected chi connectivity index (χ4v) is 4.35. The minimum Gasteiger partial charge on any atom is -0.393 e. The Labute approximate surface area is 188 Å². The van der Waals surface area contributed by atoms with E-state index in [1.54, 1.807) is 0 Å². The molecule has 0 unspecified atom stereocenters. The minimum absolute atomic E-state index is 0.146. The van der Waals surface area contributed by atoms with E-state index in [0.717, 1.165) is 54.6 Å². The van der Waals surface area contributed by atoms with Crippen molar-refractivity contribution in [2.24, 2.45) is 0 Å². The van der Waals surface area contributed by atoms with Gasteiger partial charge in [0.25, 0.3) is 0 Å². The smallest absolute Gasteiger partial charge is 0.224 e. The molecular formula is C27H28N4O. The zero-order chi connectivity index (χ0) is 21.8. The molecule has 162 valence electrons. The summed E-state index contributed by atoms with van der Waals surface area (Å²) in [5, 5.41) is 14.3. The molecule has 0 spiro atoms. The maximum Gasteiger partial charge on any atom is 0.224 e. The molecule has 5 rings (SSSR count). The molecule has 1 aliphatic rings. The Morgan fingerprint density at radius 1 is 0.812 bits per heavy atom. The third-order valence-corrected chi connectivity index (χ3v) is 6.16. The molecule has 0 amide bonds. The molecule has 0 bridgehead atoms. The molecule has 2 heterocycles. The van der Waals surface area contributed by atoms with Crippen molar-refractivity contribution in [1.29, 1.82) is 0 Å². The Bertz CT molecular complexity index is 1190. The van der Waals surface area contributed by atoms with E-state index in [2.05, 4.69) is 52.7 Å². The summed E-state index contributed by atoms with van der Waals surface area (Å²) in [5.74, 6) is 0.637. The van der Waals surface area contributed by atoms with Crippen molar-refractivity contribution in [2.45, 2.75) is 32.0 Å². The van der Waals surface area contributed by atoms with Gasteiger partial charge in [-0.15, -0.1) is 0 Å². The molecule has 5 heteroatoms. The first-order chi connectivity index (χ1) is 15.8. The first-order valence-electron chi connectivity index (χ1n) is 11.3. The van der Waals surface area contributed by atoms with Crippen molar-refractivity contribution < 1.29 is 5.11 Å². The third kappa shape index (κ3) is 4.64. The first-order valence-corrected chi connectivity index (χ1v) is 11.3. The van der Waals surface area contributed by atoms with Crippen LogP contribution in [0.25, 0.3) is 22.2 Å². The van der Waals surface area contributed by atoms with Crippen LogP contribution >= 0.6 is 0 Å². The maximum absolute atomic E-state index is 9.79. The van der Waals surface area contributed by atoms with Crippen LogP contribution in [0.4, 0.5) is 5.95 Å². The Kier molecular flexibility index (Phi) is 6.10. The lowest BCUT2D eigenvalue weighted by Gasteiger charge is -2.30. The van der Waals surface area contributed by atoms with Gasteiger partial charge in [0.05, 0.1) is 17.3 Å². The normalized spacial score (nSPS) is 15.2. The van der Waals surface area contributed by atoms with Gasteiger partial charge in [-0.3, -0.25) is 4.90 Å². The number of likely N-dealkylation sites (tertiary alicyclic amines) is 1. The highest BCUT2D eigenvalue weighted by atomic mass is 16.3. The molecule has 1 aromatic heterocycles. The Hall–Kier alpha value is -3.28. The summed E-state index contributed by atoms with van der Waals surface area (Å²) in [6, 6.07) is 27.0. The number of nitrogens with one attached hydrogen (secondary N) is 1. The lowest BCUT2D eigenvalue weighted by Crippen LogP contribution is -2.35. The number of rotatable bonds is 6. The number of aliphatic hydroxyl groups is 1. The maximum atomic E-state index is 9.79. The van der Waals surface area contributed by atoms with Crippen LogP contribution in [0.5, 0.6) is 0 Å². The number of hydrogen-bond donors (Lipinski definition) is 2. The van der Waals surface area contributed by atoms with Crippen LogP contribution in [0, 0.1) is 0 Å². The highest BCUT2D eigenvalue weighted by Crippen LogP contribution is 2.27. The van der Waals surface area contributed by atoms with Crippen molar-refractivity contribution in [3.8, 4) is 11.3 Å². The Morgan fingerprint density at radius 3 is 2.31 bits per heavy atom.